The number of hydrogen-bond acceptors (Lipinski definition) is 2. The average molecular weight is 259 g/mol. The first-order valence-corrected chi connectivity index (χ1v) is 6.04. The Morgan fingerprint density at radius 1 is 1.26 bits per heavy atom. The molecule has 0 amide bonds. The van der Waals surface area contributed by atoms with E-state index in [9.17, 15) is 14.3 Å². The zero-order chi connectivity index (χ0) is 13.7. The number of carbonyl (C=O) groups is 1. The lowest BCUT2D eigenvalue weighted by Crippen LogP contribution is -2.13. The summed E-state index contributed by atoms with van der Waals surface area (Å²) in [5, 5.41) is 9.26. The maximum atomic E-state index is 13.2. The third-order valence-electron chi connectivity index (χ3n) is 3.02. The minimum absolute atomic E-state index is 0.410. The molecule has 0 saturated heterocycles. The van der Waals surface area contributed by atoms with Crippen LogP contribution >= 0.6 is 0 Å². The number of benzene rings is 1. The van der Waals surface area contributed by atoms with Gasteiger partial charge in [0.05, 0.1) is 5.92 Å². The average Bonchev–Trinajstić information content (AvgIpc) is 2.40. The van der Waals surface area contributed by atoms with E-state index in [1.54, 1.807) is 18.5 Å². The maximum Gasteiger partial charge on any atom is 0.310 e. The van der Waals surface area contributed by atoms with E-state index in [1.165, 1.54) is 18.2 Å². The largest absolute Gasteiger partial charge is 0.481 e. The molecule has 0 aliphatic rings. The Morgan fingerprint density at radius 3 is 2.63 bits per heavy atom. The SMILES string of the molecule is O=C(O)C(CCc1ccncc1)c1cccc(F)c1. The Labute approximate surface area is 110 Å². The first-order valence-electron chi connectivity index (χ1n) is 6.04. The highest BCUT2D eigenvalue weighted by Gasteiger charge is 2.19. The number of rotatable bonds is 5. The highest BCUT2D eigenvalue weighted by atomic mass is 19.1. The quantitative estimate of drug-likeness (QED) is 0.897. The predicted octanol–water partition coefficient (Wildman–Crippen LogP) is 3.02. The van der Waals surface area contributed by atoms with Crippen LogP contribution in [0.25, 0.3) is 0 Å². The van der Waals surface area contributed by atoms with Crippen molar-refractivity contribution in [2.24, 2.45) is 0 Å². The van der Waals surface area contributed by atoms with Crippen molar-refractivity contribution in [1.29, 1.82) is 0 Å². The van der Waals surface area contributed by atoms with Gasteiger partial charge in [-0.05, 0) is 48.2 Å². The number of aliphatic carboxylic acids is 1. The molecule has 1 unspecified atom stereocenters. The Bertz CT molecular complexity index is 557. The van der Waals surface area contributed by atoms with Gasteiger partial charge in [-0.25, -0.2) is 4.39 Å². The molecule has 0 spiro atoms. The molecule has 1 heterocycles. The van der Waals surface area contributed by atoms with Crippen molar-refractivity contribution in [3.8, 4) is 0 Å². The van der Waals surface area contributed by atoms with E-state index in [1.807, 2.05) is 12.1 Å². The second kappa shape index (κ2) is 6.09. The number of carboxylic acids is 1. The number of pyridine rings is 1. The van der Waals surface area contributed by atoms with Crippen LogP contribution in [0.1, 0.15) is 23.5 Å². The van der Waals surface area contributed by atoms with E-state index in [0.29, 0.717) is 18.4 Å². The fourth-order valence-electron chi connectivity index (χ4n) is 2.02. The smallest absolute Gasteiger partial charge is 0.310 e. The van der Waals surface area contributed by atoms with Crippen molar-refractivity contribution >= 4 is 5.97 Å². The molecule has 0 fully saturated rings. The molecule has 0 saturated carbocycles. The highest BCUT2D eigenvalue weighted by molar-refractivity contribution is 5.76. The van der Waals surface area contributed by atoms with Crippen LogP contribution in [0.5, 0.6) is 0 Å². The first-order chi connectivity index (χ1) is 9.16. The molecule has 1 atom stereocenters. The summed E-state index contributed by atoms with van der Waals surface area (Å²) < 4.78 is 13.2. The Hall–Kier alpha value is -2.23. The molecule has 2 rings (SSSR count). The molecular weight excluding hydrogens is 245 g/mol. The number of nitrogens with zero attached hydrogens (tertiary/aromatic N) is 1. The molecule has 1 aromatic carbocycles. The van der Waals surface area contributed by atoms with E-state index >= 15 is 0 Å². The van der Waals surface area contributed by atoms with Gasteiger partial charge in [0, 0.05) is 12.4 Å². The van der Waals surface area contributed by atoms with Crippen molar-refractivity contribution in [1.82, 2.24) is 4.98 Å². The van der Waals surface area contributed by atoms with Crippen molar-refractivity contribution < 1.29 is 14.3 Å². The molecule has 3 nitrogen and oxygen atoms in total. The molecule has 0 aliphatic heterocycles. The molecule has 2 aromatic rings. The summed E-state index contributed by atoms with van der Waals surface area (Å²) in [7, 11) is 0. The lowest BCUT2D eigenvalue weighted by atomic mass is 9.92. The lowest BCUT2D eigenvalue weighted by Gasteiger charge is -2.12. The summed E-state index contributed by atoms with van der Waals surface area (Å²) >= 11 is 0. The van der Waals surface area contributed by atoms with Crippen LogP contribution < -0.4 is 0 Å². The Balaban J connectivity index is 2.11. The third-order valence-corrected chi connectivity index (χ3v) is 3.02. The summed E-state index contributed by atoms with van der Waals surface area (Å²) in [6.07, 6.45) is 4.40. The highest BCUT2D eigenvalue weighted by Crippen LogP contribution is 2.22. The maximum absolute atomic E-state index is 13.2. The van der Waals surface area contributed by atoms with Gasteiger partial charge in [0.15, 0.2) is 0 Å². The number of carboxylic acid groups (broad SMARTS) is 1. The molecule has 19 heavy (non-hydrogen) atoms. The normalized spacial score (nSPS) is 12.1. The van der Waals surface area contributed by atoms with E-state index < -0.39 is 17.7 Å². The first kappa shape index (κ1) is 13.2. The van der Waals surface area contributed by atoms with Gasteiger partial charge in [-0.1, -0.05) is 12.1 Å². The van der Waals surface area contributed by atoms with Crippen LogP contribution in [0.15, 0.2) is 48.8 Å². The minimum atomic E-state index is -0.931. The molecule has 0 radical (unpaired) electrons. The molecule has 0 aliphatic carbocycles. The zero-order valence-electron chi connectivity index (χ0n) is 10.3. The monoisotopic (exact) mass is 259 g/mol. The fourth-order valence-corrected chi connectivity index (χ4v) is 2.02. The molecule has 1 N–H and O–H groups in total. The summed E-state index contributed by atoms with van der Waals surface area (Å²) in [4.78, 5) is 15.2. The van der Waals surface area contributed by atoms with E-state index in [0.717, 1.165) is 5.56 Å². The van der Waals surface area contributed by atoms with Gasteiger partial charge in [-0.15, -0.1) is 0 Å². The van der Waals surface area contributed by atoms with E-state index in [4.69, 9.17) is 0 Å². The third kappa shape index (κ3) is 3.61. The molecule has 1 aromatic heterocycles. The van der Waals surface area contributed by atoms with Crippen molar-refractivity contribution in [2.75, 3.05) is 0 Å². The Morgan fingerprint density at radius 2 is 2.00 bits per heavy atom. The molecule has 0 bridgehead atoms. The number of aryl methyl sites for hydroxylation is 1. The minimum Gasteiger partial charge on any atom is -0.481 e. The van der Waals surface area contributed by atoms with E-state index in [-0.39, 0.29) is 0 Å². The second-order valence-electron chi connectivity index (χ2n) is 4.34. The van der Waals surface area contributed by atoms with Crippen molar-refractivity contribution in [3.63, 3.8) is 0 Å². The molecule has 98 valence electrons. The van der Waals surface area contributed by atoms with Crippen LogP contribution in [-0.2, 0) is 11.2 Å². The summed E-state index contributed by atoms with van der Waals surface area (Å²) in [6, 6.07) is 9.48. The summed E-state index contributed by atoms with van der Waals surface area (Å²) in [5.74, 6) is -2.03. The number of aromatic nitrogens is 1. The van der Waals surface area contributed by atoms with Crippen molar-refractivity contribution in [2.45, 2.75) is 18.8 Å². The Kier molecular flexibility index (Phi) is 4.23. The van der Waals surface area contributed by atoms with Gasteiger partial charge >= 0.3 is 5.97 Å². The number of hydrogen-bond donors (Lipinski definition) is 1. The molecule has 4 heteroatoms. The predicted molar refractivity (Wildman–Crippen MR) is 69.3 cm³/mol. The van der Waals surface area contributed by atoms with Gasteiger partial charge in [0.1, 0.15) is 5.82 Å². The summed E-state index contributed by atoms with van der Waals surface area (Å²) in [5.41, 5.74) is 1.53. The van der Waals surface area contributed by atoms with Crippen LogP contribution in [0.3, 0.4) is 0 Å². The van der Waals surface area contributed by atoms with Gasteiger partial charge in [-0.2, -0.15) is 0 Å². The molecular formula is C15H14FNO2. The van der Waals surface area contributed by atoms with Gasteiger partial charge in [0.25, 0.3) is 0 Å². The van der Waals surface area contributed by atoms with Gasteiger partial charge < -0.3 is 5.11 Å². The standard InChI is InChI=1S/C15H14FNO2/c16-13-3-1-2-12(10-13)14(15(18)19)5-4-11-6-8-17-9-7-11/h1-3,6-10,14H,4-5H2,(H,18,19). The van der Waals surface area contributed by atoms with Crippen LogP contribution in [0.2, 0.25) is 0 Å². The van der Waals surface area contributed by atoms with Crippen LogP contribution in [0, 0.1) is 5.82 Å². The number of halogens is 1. The van der Waals surface area contributed by atoms with Crippen LogP contribution in [-0.4, -0.2) is 16.1 Å². The lowest BCUT2D eigenvalue weighted by molar-refractivity contribution is -0.138. The van der Waals surface area contributed by atoms with Gasteiger partial charge in [-0.3, -0.25) is 9.78 Å². The van der Waals surface area contributed by atoms with Gasteiger partial charge in [0.2, 0.25) is 0 Å². The summed E-state index contributed by atoms with van der Waals surface area (Å²) in [6.45, 7) is 0. The fraction of sp³-hybridized carbons (Fsp3) is 0.200. The zero-order valence-corrected chi connectivity index (χ0v) is 10.3. The second-order valence-corrected chi connectivity index (χ2v) is 4.34. The topological polar surface area (TPSA) is 50.2 Å². The van der Waals surface area contributed by atoms with Crippen molar-refractivity contribution in [3.05, 3.63) is 65.7 Å². The van der Waals surface area contributed by atoms with Crippen LogP contribution in [0.4, 0.5) is 4.39 Å². The van der Waals surface area contributed by atoms with E-state index in [2.05, 4.69) is 4.98 Å².